The van der Waals surface area contributed by atoms with Gasteiger partial charge in [-0.3, -0.25) is 9.69 Å². The minimum atomic E-state index is 0.127. The van der Waals surface area contributed by atoms with Crippen molar-refractivity contribution < 1.29 is 4.79 Å². The largest absolute Gasteiger partial charge is 0.344 e. The lowest BCUT2D eigenvalue weighted by molar-refractivity contribution is -0.131. The van der Waals surface area contributed by atoms with E-state index in [1.165, 1.54) is 6.42 Å². The Kier molecular flexibility index (Phi) is 6.38. The minimum absolute atomic E-state index is 0.127. The van der Waals surface area contributed by atoms with Crippen LogP contribution in [0.1, 0.15) is 19.8 Å². The molecule has 4 nitrogen and oxygen atoms in total. The Labute approximate surface area is 108 Å². The molecule has 5 heteroatoms. The molecule has 0 N–H and O–H groups in total. The van der Waals surface area contributed by atoms with Gasteiger partial charge in [0.2, 0.25) is 5.91 Å². The Morgan fingerprint density at radius 3 is 3.06 bits per heavy atom. The zero-order valence-corrected chi connectivity index (χ0v) is 11.5. The van der Waals surface area contributed by atoms with E-state index in [1.807, 2.05) is 11.8 Å². The number of thioether (sulfide) groups is 1. The second-order valence-electron chi connectivity index (χ2n) is 4.36. The third-order valence-corrected chi connectivity index (χ3v) is 4.39. The molecule has 0 spiro atoms. The van der Waals surface area contributed by atoms with Gasteiger partial charge in [0, 0.05) is 37.7 Å². The van der Waals surface area contributed by atoms with E-state index in [1.54, 1.807) is 11.9 Å². The van der Waals surface area contributed by atoms with E-state index in [4.69, 9.17) is 5.26 Å². The van der Waals surface area contributed by atoms with Crippen LogP contribution in [-0.2, 0) is 4.79 Å². The van der Waals surface area contributed by atoms with E-state index in [9.17, 15) is 4.79 Å². The topological polar surface area (TPSA) is 47.3 Å². The molecular weight excluding hydrogens is 234 g/mol. The summed E-state index contributed by atoms with van der Waals surface area (Å²) in [6.45, 7) is 5.24. The molecule has 0 saturated carbocycles. The SMILES string of the molecule is CCC1CN(CC(=O)N(C)CCC#N)CCS1. The molecule has 1 unspecified atom stereocenters. The van der Waals surface area contributed by atoms with E-state index in [-0.39, 0.29) is 5.91 Å². The van der Waals surface area contributed by atoms with Crippen LogP contribution in [0.4, 0.5) is 0 Å². The molecular formula is C12H21N3OS. The van der Waals surface area contributed by atoms with Gasteiger partial charge < -0.3 is 4.90 Å². The van der Waals surface area contributed by atoms with Gasteiger partial charge in [-0.15, -0.1) is 0 Å². The summed E-state index contributed by atoms with van der Waals surface area (Å²) in [5, 5.41) is 9.15. The van der Waals surface area contributed by atoms with Crippen molar-refractivity contribution in [2.24, 2.45) is 0 Å². The molecule has 17 heavy (non-hydrogen) atoms. The Bertz CT molecular complexity index is 290. The first kappa shape index (κ1) is 14.3. The minimum Gasteiger partial charge on any atom is -0.344 e. The molecule has 1 amide bonds. The highest BCUT2D eigenvalue weighted by atomic mass is 32.2. The number of nitrogens with zero attached hydrogens (tertiary/aromatic N) is 3. The first-order valence-electron chi connectivity index (χ1n) is 6.12. The summed E-state index contributed by atoms with van der Waals surface area (Å²) in [5.74, 6) is 1.25. The molecule has 0 aromatic heterocycles. The van der Waals surface area contributed by atoms with Crippen LogP contribution in [0.15, 0.2) is 0 Å². The summed E-state index contributed by atoms with van der Waals surface area (Å²) in [7, 11) is 1.77. The van der Waals surface area contributed by atoms with Gasteiger partial charge in [0.15, 0.2) is 0 Å². The Morgan fingerprint density at radius 2 is 2.41 bits per heavy atom. The maximum atomic E-state index is 11.9. The number of likely N-dealkylation sites (N-methyl/N-ethyl adjacent to an activating group) is 1. The van der Waals surface area contributed by atoms with Gasteiger partial charge in [0.05, 0.1) is 19.0 Å². The molecule has 1 heterocycles. The van der Waals surface area contributed by atoms with Gasteiger partial charge in [0.1, 0.15) is 0 Å². The second kappa shape index (κ2) is 7.57. The average Bonchev–Trinajstić information content (AvgIpc) is 2.36. The standard InChI is InChI=1S/C12H21N3OS/c1-3-11-9-15(7-8-17-11)10-12(16)14(2)6-4-5-13/h11H,3-4,6-10H2,1-2H3. The van der Waals surface area contributed by atoms with Crippen LogP contribution in [0.2, 0.25) is 0 Å². The van der Waals surface area contributed by atoms with Crippen molar-refractivity contribution in [2.45, 2.75) is 25.0 Å². The Balaban J connectivity index is 2.32. The highest BCUT2D eigenvalue weighted by Gasteiger charge is 2.21. The summed E-state index contributed by atoms with van der Waals surface area (Å²) in [6, 6.07) is 2.06. The number of hydrogen-bond donors (Lipinski definition) is 0. The van der Waals surface area contributed by atoms with E-state index >= 15 is 0 Å². The van der Waals surface area contributed by atoms with Gasteiger partial charge in [0.25, 0.3) is 0 Å². The fraction of sp³-hybridized carbons (Fsp3) is 0.833. The van der Waals surface area contributed by atoms with E-state index in [0.717, 1.165) is 18.8 Å². The molecule has 0 radical (unpaired) electrons. The lowest BCUT2D eigenvalue weighted by Gasteiger charge is -2.32. The smallest absolute Gasteiger partial charge is 0.236 e. The van der Waals surface area contributed by atoms with Crippen molar-refractivity contribution in [1.82, 2.24) is 9.80 Å². The Morgan fingerprint density at radius 1 is 1.65 bits per heavy atom. The Hall–Kier alpha value is -0.730. The van der Waals surface area contributed by atoms with Crippen LogP contribution in [0, 0.1) is 11.3 Å². The van der Waals surface area contributed by atoms with E-state index in [0.29, 0.717) is 24.8 Å². The molecule has 1 aliphatic rings. The second-order valence-corrected chi connectivity index (χ2v) is 5.77. The quantitative estimate of drug-likeness (QED) is 0.740. The summed E-state index contributed by atoms with van der Waals surface area (Å²) in [4.78, 5) is 15.8. The van der Waals surface area contributed by atoms with Crippen molar-refractivity contribution in [3.63, 3.8) is 0 Å². The van der Waals surface area contributed by atoms with E-state index in [2.05, 4.69) is 17.9 Å². The van der Waals surface area contributed by atoms with Crippen LogP contribution >= 0.6 is 11.8 Å². The van der Waals surface area contributed by atoms with Crippen LogP contribution in [0.3, 0.4) is 0 Å². The van der Waals surface area contributed by atoms with Crippen LogP contribution < -0.4 is 0 Å². The van der Waals surface area contributed by atoms with Crippen molar-refractivity contribution in [1.29, 1.82) is 5.26 Å². The molecule has 1 atom stereocenters. The van der Waals surface area contributed by atoms with Crippen molar-refractivity contribution in [3.05, 3.63) is 0 Å². The predicted molar refractivity (Wildman–Crippen MR) is 70.8 cm³/mol. The summed E-state index contributed by atoms with van der Waals surface area (Å²) in [5.41, 5.74) is 0. The molecule has 0 aromatic carbocycles. The highest BCUT2D eigenvalue weighted by Crippen LogP contribution is 2.20. The number of carbonyl (C=O) groups excluding carboxylic acids is 1. The maximum Gasteiger partial charge on any atom is 0.236 e. The fourth-order valence-corrected chi connectivity index (χ4v) is 3.07. The third-order valence-electron chi connectivity index (χ3n) is 3.02. The van der Waals surface area contributed by atoms with Crippen molar-refractivity contribution in [3.8, 4) is 6.07 Å². The van der Waals surface area contributed by atoms with Gasteiger partial charge in [-0.05, 0) is 6.42 Å². The molecule has 0 aliphatic carbocycles. The first-order valence-corrected chi connectivity index (χ1v) is 7.17. The van der Waals surface area contributed by atoms with Gasteiger partial charge in [-0.2, -0.15) is 17.0 Å². The van der Waals surface area contributed by atoms with Crippen LogP contribution in [-0.4, -0.2) is 59.9 Å². The third kappa shape index (κ3) is 4.97. The fourth-order valence-electron chi connectivity index (χ4n) is 1.83. The number of amides is 1. The van der Waals surface area contributed by atoms with Crippen LogP contribution in [0.25, 0.3) is 0 Å². The molecule has 1 rings (SSSR count). The molecule has 1 saturated heterocycles. The summed E-state index contributed by atoms with van der Waals surface area (Å²) in [6.07, 6.45) is 1.58. The highest BCUT2D eigenvalue weighted by molar-refractivity contribution is 8.00. The predicted octanol–water partition coefficient (Wildman–Crippen LogP) is 1.19. The molecule has 0 aromatic rings. The van der Waals surface area contributed by atoms with Gasteiger partial charge in [-0.1, -0.05) is 6.92 Å². The maximum absolute atomic E-state index is 11.9. The lowest BCUT2D eigenvalue weighted by Crippen LogP contribution is -2.44. The average molecular weight is 255 g/mol. The molecule has 96 valence electrons. The van der Waals surface area contributed by atoms with Crippen molar-refractivity contribution >= 4 is 17.7 Å². The monoisotopic (exact) mass is 255 g/mol. The number of carbonyl (C=O) groups is 1. The first-order chi connectivity index (χ1) is 8.17. The lowest BCUT2D eigenvalue weighted by atomic mass is 10.3. The molecule has 1 aliphatic heterocycles. The molecule has 0 bridgehead atoms. The van der Waals surface area contributed by atoms with E-state index < -0.39 is 0 Å². The number of rotatable bonds is 5. The summed E-state index contributed by atoms with van der Waals surface area (Å²) >= 11 is 2.01. The summed E-state index contributed by atoms with van der Waals surface area (Å²) < 4.78 is 0. The van der Waals surface area contributed by atoms with Gasteiger partial charge >= 0.3 is 0 Å². The molecule has 1 fully saturated rings. The van der Waals surface area contributed by atoms with Crippen LogP contribution in [0.5, 0.6) is 0 Å². The number of hydrogen-bond acceptors (Lipinski definition) is 4. The van der Waals surface area contributed by atoms with Gasteiger partial charge in [-0.25, -0.2) is 0 Å². The van der Waals surface area contributed by atoms with Crippen molar-refractivity contribution in [2.75, 3.05) is 39.0 Å². The number of nitriles is 1. The normalized spacial score (nSPS) is 20.9. The zero-order valence-electron chi connectivity index (χ0n) is 10.7. The zero-order chi connectivity index (χ0) is 12.7.